The van der Waals surface area contributed by atoms with Crippen molar-refractivity contribution in [1.29, 1.82) is 0 Å². The van der Waals surface area contributed by atoms with Crippen molar-refractivity contribution in [2.45, 2.75) is 39.0 Å². The highest BCUT2D eigenvalue weighted by molar-refractivity contribution is 9.10. The number of nitrogens with one attached hydrogen (secondary N) is 1. The van der Waals surface area contributed by atoms with Gasteiger partial charge in [0.15, 0.2) is 0 Å². The van der Waals surface area contributed by atoms with Crippen LogP contribution in [0.1, 0.15) is 29.5 Å². The van der Waals surface area contributed by atoms with Gasteiger partial charge >= 0.3 is 0 Å². The molecule has 1 aliphatic carbocycles. The summed E-state index contributed by atoms with van der Waals surface area (Å²) in [5, 5.41) is 3.54. The Labute approximate surface area is 134 Å². The molecule has 110 valence electrons. The highest BCUT2D eigenvalue weighted by atomic mass is 79.9. The van der Waals surface area contributed by atoms with Crippen LogP contribution < -0.4 is 10.1 Å². The fourth-order valence-electron chi connectivity index (χ4n) is 2.25. The molecular weight excluding hydrogens is 326 g/mol. The van der Waals surface area contributed by atoms with Gasteiger partial charge in [0.05, 0.1) is 0 Å². The molecule has 1 aliphatic rings. The van der Waals surface area contributed by atoms with Crippen molar-refractivity contribution in [2.24, 2.45) is 0 Å². The van der Waals surface area contributed by atoms with Gasteiger partial charge in [-0.3, -0.25) is 0 Å². The van der Waals surface area contributed by atoms with Gasteiger partial charge in [-0.25, -0.2) is 0 Å². The molecule has 1 N–H and O–H groups in total. The van der Waals surface area contributed by atoms with Gasteiger partial charge in [0.1, 0.15) is 12.4 Å². The third kappa shape index (κ3) is 4.08. The van der Waals surface area contributed by atoms with Crippen LogP contribution in [0, 0.1) is 6.92 Å². The summed E-state index contributed by atoms with van der Waals surface area (Å²) in [6.07, 6.45) is 2.61. The maximum absolute atomic E-state index is 5.94. The van der Waals surface area contributed by atoms with Gasteiger partial charge in [0.2, 0.25) is 0 Å². The van der Waals surface area contributed by atoms with Gasteiger partial charge in [-0.05, 0) is 54.7 Å². The van der Waals surface area contributed by atoms with Crippen LogP contribution >= 0.6 is 15.9 Å². The Morgan fingerprint density at radius 2 is 1.95 bits per heavy atom. The maximum Gasteiger partial charge on any atom is 0.120 e. The zero-order chi connectivity index (χ0) is 14.7. The van der Waals surface area contributed by atoms with Crippen LogP contribution in [0.2, 0.25) is 0 Å². The molecule has 0 aliphatic heterocycles. The largest absolute Gasteiger partial charge is 0.489 e. The van der Waals surface area contributed by atoms with Crippen molar-refractivity contribution in [3.8, 4) is 5.75 Å². The first-order chi connectivity index (χ1) is 10.2. The Kier molecular flexibility index (Phi) is 4.61. The number of benzene rings is 2. The Balaban J connectivity index is 1.64. The summed E-state index contributed by atoms with van der Waals surface area (Å²) in [6, 6.07) is 15.3. The van der Waals surface area contributed by atoms with Crippen molar-refractivity contribution >= 4 is 15.9 Å². The van der Waals surface area contributed by atoms with E-state index < -0.39 is 0 Å². The third-order valence-corrected chi connectivity index (χ3v) is 4.60. The van der Waals surface area contributed by atoms with Crippen LogP contribution in [-0.2, 0) is 13.2 Å². The molecule has 2 aromatic carbocycles. The molecule has 3 rings (SSSR count). The molecule has 0 saturated heterocycles. The van der Waals surface area contributed by atoms with E-state index in [0.717, 1.165) is 16.8 Å². The Morgan fingerprint density at radius 1 is 1.14 bits per heavy atom. The van der Waals surface area contributed by atoms with Crippen LogP contribution in [0.15, 0.2) is 46.9 Å². The number of hydrogen-bond donors (Lipinski definition) is 1. The summed E-state index contributed by atoms with van der Waals surface area (Å²) in [5.74, 6) is 0.925. The minimum atomic E-state index is 0.615. The number of rotatable bonds is 6. The zero-order valence-corrected chi connectivity index (χ0v) is 13.8. The summed E-state index contributed by atoms with van der Waals surface area (Å²) < 4.78 is 7.08. The predicted octanol–water partition coefficient (Wildman–Crippen LogP) is 4.59. The molecule has 0 heterocycles. The first kappa shape index (κ1) is 14.6. The van der Waals surface area contributed by atoms with Crippen molar-refractivity contribution in [1.82, 2.24) is 5.32 Å². The smallest absolute Gasteiger partial charge is 0.120 e. The average molecular weight is 346 g/mol. The quantitative estimate of drug-likeness (QED) is 0.826. The lowest BCUT2D eigenvalue weighted by molar-refractivity contribution is 0.305. The second-order valence-electron chi connectivity index (χ2n) is 5.62. The highest BCUT2D eigenvalue weighted by Crippen LogP contribution is 2.25. The molecule has 0 atom stereocenters. The van der Waals surface area contributed by atoms with Gasteiger partial charge in [-0.15, -0.1) is 0 Å². The normalized spacial score (nSPS) is 14.2. The van der Waals surface area contributed by atoms with Gasteiger partial charge in [-0.2, -0.15) is 0 Å². The van der Waals surface area contributed by atoms with E-state index in [2.05, 4.69) is 64.6 Å². The molecule has 0 aromatic heterocycles. The Bertz CT molecular complexity index is 622. The first-order valence-corrected chi connectivity index (χ1v) is 8.21. The SMILES string of the molecule is Cc1ccccc1COc1ccc(Br)c(CNC2CC2)c1. The molecule has 2 nitrogen and oxygen atoms in total. The second kappa shape index (κ2) is 6.63. The predicted molar refractivity (Wildman–Crippen MR) is 89.5 cm³/mol. The minimum Gasteiger partial charge on any atom is -0.489 e. The standard InChI is InChI=1S/C18H20BrNO/c1-13-4-2-3-5-14(13)12-21-17-8-9-18(19)15(10-17)11-20-16-6-7-16/h2-5,8-10,16,20H,6-7,11-12H2,1H3. The zero-order valence-electron chi connectivity index (χ0n) is 12.2. The fourth-order valence-corrected chi connectivity index (χ4v) is 2.64. The molecule has 2 aromatic rings. The lowest BCUT2D eigenvalue weighted by atomic mass is 10.1. The molecule has 0 radical (unpaired) electrons. The second-order valence-corrected chi connectivity index (χ2v) is 6.48. The van der Waals surface area contributed by atoms with Crippen molar-refractivity contribution in [3.63, 3.8) is 0 Å². The lowest BCUT2D eigenvalue weighted by Gasteiger charge is -2.11. The van der Waals surface area contributed by atoms with Gasteiger partial charge in [0, 0.05) is 17.1 Å². The minimum absolute atomic E-state index is 0.615. The third-order valence-electron chi connectivity index (χ3n) is 3.83. The molecule has 21 heavy (non-hydrogen) atoms. The summed E-state index contributed by atoms with van der Waals surface area (Å²) in [4.78, 5) is 0. The molecule has 0 spiro atoms. The van der Waals surface area contributed by atoms with Crippen LogP contribution in [0.4, 0.5) is 0 Å². The van der Waals surface area contributed by atoms with Crippen LogP contribution in [0.5, 0.6) is 5.75 Å². The van der Waals surface area contributed by atoms with Crippen molar-refractivity contribution in [2.75, 3.05) is 0 Å². The molecule has 0 amide bonds. The Hall–Kier alpha value is -1.32. The number of aryl methyl sites for hydroxylation is 1. The number of halogens is 1. The van der Waals surface area contributed by atoms with Crippen molar-refractivity contribution in [3.05, 3.63) is 63.6 Å². The number of hydrogen-bond acceptors (Lipinski definition) is 2. The van der Waals surface area contributed by atoms with Crippen LogP contribution in [0.3, 0.4) is 0 Å². The molecule has 1 saturated carbocycles. The monoisotopic (exact) mass is 345 g/mol. The molecule has 1 fully saturated rings. The van der Waals surface area contributed by atoms with Crippen LogP contribution in [-0.4, -0.2) is 6.04 Å². The maximum atomic E-state index is 5.94. The van der Waals surface area contributed by atoms with Gasteiger partial charge in [-0.1, -0.05) is 40.2 Å². The van der Waals surface area contributed by atoms with E-state index in [1.54, 1.807) is 0 Å². The Morgan fingerprint density at radius 3 is 2.71 bits per heavy atom. The fraction of sp³-hybridized carbons (Fsp3) is 0.333. The van der Waals surface area contributed by atoms with Crippen molar-refractivity contribution < 1.29 is 4.74 Å². The highest BCUT2D eigenvalue weighted by Gasteiger charge is 2.20. The van der Waals surface area contributed by atoms with Crippen LogP contribution in [0.25, 0.3) is 0 Å². The van der Waals surface area contributed by atoms with Gasteiger partial charge < -0.3 is 10.1 Å². The van der Waals surface area contributed by atoms with E-state index in [1.807, 2.05) is 6.07 Å². The first-order valence-electron chi connectivity index (χ1n) is 7.41. The van der Waals surface area contributed by atoms with E-state index in [4.69, 9.17) is 4.74 Å². The van der Waals surface area contributed by atoms with E-state index in [-0.39, 0.29) is 0 Å². The van der Waals surface area contributed by atoms with E-state index in [9.17, 15) is 0 Å². The summed E-state index contributed by atoms with van der Waals surface area (Å²) in [5.41, 5.74) is 3.76. The van der Waals surface area contributed by atoms with E-state index in [1.165, 1.54) is 29.5 Å². The summed E-state index contributed by atoms with van der Waals surface area (Å²) >= 11 is 3.61. The van der Waals surface area contributed by atoms with E-state index in [0.29, 0.717) is 12.6 Å². The average Bonchev–Trinajstić information content (AvgIpc) is 3.31. The molecule has 0 unspecified atom stereocenters. The van der Waals surface area contributed by atoms with Gasteiger partial charge in [0.25, 0.3) is 0 Å². The summed E-state index contributed by atoms with van der Waals surface area (Å²) in [7, 11) is 0. The summed E-state index contributed by atoms with van der Waals surface area (Å²) in [6.45, 7) is 3.63. The molecule has 3 heteroatoms. The molecule has 0 bridgehead atoms. The molecular formula is C18H20BrNO. The lowest BCUT2D eigenvalue weighted by Crippen LogP contribution is -2.15. The topological polar surface area (TPSA) is 21.3 Å². The number of ether oxygens (including phenoxy) is 1. The van der Waals surface area contributed by atoms with E-state index >= 15 is 0 Å².